The largest absolute Gasteiger partial charge is 0.287 e. The molecule has 2 N–H and O–H groups in total. The monoisotopic (exact) mass is 443 g/mol. The third-order valence-electron chi connectivity index (χ3n) is 5.58. The van der Waals surface area contributed by atoms with E-state index in [1.165, 1.54) is 5.57 Å². The zero-order chi connectivity index (χ0) is 21.1. The van der Waals surface area contributed by atoms with E-state index in [-0.39, 0.29) is 5.41 Å². The number of unbranched alkanes of at least 4 members (excludes halogenated alkanes) is 1. The predicted octanol–water partition coefficient (Wildman–Crippen LogP) is 7.45. The summed E-state index contributed by atoms with van der Waals surface area (Å²) in [6.07, 6.45) is 8.40. The van der Waals surface area contributed by atoms with Gasteiger partial charge < -0.3 is 0 Å². The van der Waals surface area contributed by atoms with Gasteiger partial charge in [-0.1, -0.05) is 74.7 Å². The number of halogens is 1. The van der Waals surface area contributed by atoms with E-state index in [0.29, 0.717) is 17.6 Å². The summed E-state index contributed by atoms with van der Waals surface area (Å²) in [7, 11) is 0. The summed E-state index contributed by atoms with van der Waals surface area (Å²) in [6, 6.07) is 5.99. The molecule has 4 heteroatoms. The Kier molecular flexibility index (Phi) is 7.44. The molecule has 0 amide bonds. The quantitative estimate of drug-likeness (QED) is 0.347. The van der Waals surface area contributed by atoms with Gasteiger partial charge in [-0.15, -0.1) is 0 Å². The Labute approximate surface area is 179 Å². The van der Waals surface area contributed by atoms with Crippen molar-refractivity contribution in [2.24, 2.45) is 11.3 Å². The zero-order valence-corrected chi connectivity index (χ0v) is 19.7. The summed E-state index contributed by atoms with van der Waals surface area (Å²) in [6.45, 7) is 12.8. The Balaban J connectivity index is 2.51. The molecule has 0 heterocycles. The van der Waals surface area contributed by atoms with Crippen LogP contribution in [0.4, 0.5) is 0 Å². The second kappa shape index (κ2) is 9.21. The molecule has 1 aliphatic carbocycles. The molecule has 0 radical (unpaired) electrons. The fraction of sp³-hybridized carbons (Fsp3) is 0.500. The van der Waals surface area contributed by atoms with Gasteiger partial charge in [-0.25, -0.2) is 0 Å². The molecule has 1 atom stereocenters. The highest BCUT2D eigenvalue weighted by Crippen LogP contribution is 2.33. The summed E-state index contributed by atoms with van der Waals surface area (Å²) < 4.78 is 0.991. The minimum atomic E-state index is -0.297. The van der Waals surface area contributed by atoms with Gasteiger partial charge in [0.15, 0.2) is 0 Å². The fourth-order valence-corrected chi connectivity index (χ4v) is 3.96. The van der Waals surface area contributed by atoms with Gasteiger partial charge in [0.1, 0.15) is 11.7 Å². The van der Waals surface area contributed by atoms with E-state index < -0.39 is 0 Å². The van der Waals surface area contributed by atoms with E-state index in [0.717, 1.165) is 47.0 Å². The van der Waals surface area contributed by atoms with Gasteiger partial charge in [0, 0.05) is 21.1 Å². The number of aryl methyl sites for hydroxylation is 1. The topological polar surface area (TPSA) is 50.9 Å². The molecule has 1 aromatic carbocycles. The molecule has 3 nitrogen and oxygen atoms in total. The Hall–Kier alpha value is -1.68. The van der Waals surface area contributed by atoms with Crippen LogP contribution in [0.5, 0.6) is 0 Å². The van der Waals surface area contributed by atoms with E-state index in [1.54, 1.807) is 0 Å². The van der Waals surface area contributed by atoms with Gasteiger partial charge in [-0.2, -0.15) is 0 Å². The van der Waals surface area contributed by atoms with Crippen LogP contribution in [0, 0.1) is 29.1 Å². The third kappa shape index (κ3) is 5.02. The molecule has 0 aromatic heterocycles. The molecule has 0 saturated carbocycles. The Morgan fingerprint density at radius 1 is 1.25 bits per heavy atom. The van der Waals surface area contributed by atoms with E-state index >= 15 is 0 Å². The first-order chi connectivity index (χ1) is 13.1. The van der Waals surface area contributed by atoms with Crippen LogP contribution in [0.3, 0.4) is 0 Å². The molecule has 0 fully saturated rings. The number of amidine groups is 2. The van der Waals surface area contributed by atoms with Crippen LogP contribution in [-0.4, -0.2) is 16.6 Å². The molecule has 28 heavy (non-hydrogen) atoms. The average Bonchev–Trinajstić information content (AvgIpc) is 2.64. The first kappa shape index (κ1) is 22.6. The van der Waals surface area contributed by atoms with Gasteiger partial charge in [0.25, 0.3) is 0 Å². The second-order valence-corrected chi connectivity index (χ2v) is 9.54. The molecule has 1 unspecified atom stereocenters. The second-order valence-electron chi connectivity index (χ2n) is 8.69. The van der Waals surface area contributed by atoms with Crippen LogP contribution in [-0.2, 0) is 0 Å². The molecule has 0 spiro atoms. The highest BCUT2D eigenvalue weighted by atomic mass is 79.9. The van der Waals surface area contributed by atoms with Crippen LogP contribution in [0.1, 0.15) is 71.4 Å². The number of nitrogens with zero attached hydrogens (tertiary/aromatic N) is 1. The van der Waals surface area contributed by atoms with Crippen molar-refractivity contribution < 1.29 is 0 Å². The lowest BCUT2D eigenvalue weighted by Gasteiger charge is -2.37. The highest BCUT2D eigenvalue weighted by molar-refractivity contribution is 9.10. The molecule has 2 rings (SSSR count). The smallest absolute Gasteiger partial charge is 0.138 e. The number of benzene rings is 1. The van der Waals surface area contributed by atoms with E-state index in [9.17, 15) is 0 Å². The summed E-state index contributed by atoms with van der Waals surface area (Å²) in [5.74, 6) is 1.36. The van der Waals surface area contributed by atoms with Crippen molar-refractivity contribution in [3.05, 3.63) is 57.2 Å². The summed E-state index contributed by atoms with van der Waals surface area (Å²) in [5.41, 5.74) is 3.88. The maximum atomic E-state index is 9.08. The summed E-state index contributed by atoms with van der Waals surface area (Å²) in [5, 5.41) is 18.1. The van der Waals surface area contributed by atoms with Crippen LogP contribution in [0.15, 0.2) is 46.1 Å². The van der Waals surface area contributed by atoms with Gasteiger partial charge in [-0.3, -0.25) is 15.7 Å². The van der Waals surface area contributed by atoms with Crippen molar-refractivity contribution in [1.29, 1.82) is 10.8 Å². The normalized spacial score (nSPS) is 17.0. The molecule has 152 valence electrons. The van der Waals surface area contributed by atoms with Gasteiger partial charge >= 0.3 is 0 Å². The summed E-state index contributed by atoms with van der Waals surface area (Å²) >= 11 is 3.60. The van der Waals surface area contributed by atoms with Gasteiger partial charge in [0.05, 0.1) is 0 Å². The zero-order valence-electron chi connectivity index (χ0n) is 18.1. The fourth-order valence-electron chi connectivity index (χ4n) is 3.58. The number of hydrogen-bond donors (Lipinski definition) is 2. The van der Waals surface area contributed by atoms with Crippen molar-refractivity contribution in [1.82, 2.24) is 4.90 Å². The van der Waals surface area contributed by atoms with Crippen molar-refractivity contribution in [2.45, 2.75) is 67.2 Å². The van der Waals surface area contributed by atoms with Crippen LogP contribution in [0.2, 0.25) is 0 Å². The maximum Gasteiger partial charge on any atom is 0.138 e. The molecule has 1 aromatic rings. The first-order valence-electron chi connectivity index (χ1n) is 10.2. The van der Waals surface area contributed by atoms with Crippen LogP contribution in [0.25, 0.3) is 0 Å². The molecular weight excluding hydrogens is 410 g/mol. The molecule has 0 aliphatic heterocycles. The SMILES string of the molecule is CCCCC(C)(C)C(=N)N(C(=N)c1ccc(C)c(Br)c1)C1=C(C)CC(C)C=C1. The number of rotatable bonds is 6. The first-order valence-corrected chi connectivity index (χ1v) is 11.0. The highest BCUT2D eigenvalue weighted by Gasteiger charge is 2.33. The molecular formula is C24H34BrN3. The molecule has 0 bridgehead atoms. The number of allylic oxidation sites excluding steroid dienone is 3. The van der Waals surface area contributed by atoms with E-state index in [4.69, 9.17) is 10.8 Å². The van der Waals surface area contributed by atoms with Gasteiger partial charge in [-0.05, 0) is 55.9 Å². The van der Waals surface area contributed by atoms with Crippen molar-refractivity contribution >= 4 is 27.6 Å². The van der Waals surface area contributed by atoms with E-state index in [2.05, 4.69) is 62.7 Å². The number of nitrogens with one attached hydrogen (secondary N) is 2. The minimum Gasteiger partial charge on any atom is -0.287 e. The third-order valence-corrected chi connectivity index (χ3v) is 6.43. The van der Waals surface area contributed by atoms with E-state index in [1.807, 2.05) is 30.0 Å². The lowest BCUT2D eigenvalue weighted by Crippen LogP contribution is -2.44. The standard InChI is InChI=1S/C24H34BrN3/c1-7-8-13-24(5,6)23(27)28(21-12-9-16(2)14-18(21)4)22(26)19-11-10-17(3)20(25)15-19/h9-12,15-16,26-27H,7-8,13-14H2,1-6H3. The Bertz CT molecular complexity index is 817. The van der Waals surface area contributed by atoms with Crippen molar-refractivity contribution in [3.63, 3.8) is 0 Å². The molecule has 0 saturated heterocycles. The number of hydrogen-bond acceptors (Lipinski definition) is 2. The van der Waals surface area contributed by atoms with Crippen LogP contribution < -0.4 is 0 Å². The van der Waals surface area contributed by atoms with Crippen LogP contribution >= 0.6 is 15.9 Å². The Morgan fingerprint density at radius 3 is 2.50 bits per heavy atom. The predicted molar refractivity (Wildman–Crippen MR) is 124 cm³/mol. The molecule has 1 aliphatic rings. The Morgan fingerprint density at radius 2 is 1.93 bits per heavy atom. The van der Waals surface area contributed by atoms with Crippen molar-refractivity contribution in [3.8, 4) is 0 Å². The lowest BCUT2D eigenvalue weighted by molar-refractivity contribution is 0.417. The van der Waals surface area contributed by atoms with Gasteiger partial charge in [0.2, 0.25) is 0 Å². The van der Waals surface area contributed by atoms with Crippen molar-refractivity contribution in [2.75, 3.05) is 0 Å². The maximum absolute atomic E-state index is 9.08. The summed E-state index contributed by atoms with van der Waals surface area (Å²) in [4.78, 5) is 1.87. The minimum absolute atomic E-state index is 0.297. The lowest BCUT2D eigenvalue weighted by atomic mass is 9.84. The average molecular weight is 444 g/mol.